The van der Waals surface area contributed by atoms with E-state index in [0.29, 0.717) is 12.0 Å². The standard InChI is InChI=1S/C11H15NO4/c1-11(2,5-3-9(13)14)12-10(15)8-4-6-16-7-8/h4,6-7H,3,5H2,1-2H3,(H,12,15)(H,13,14). The summed E-state index contributed by atoms with van der Waals surface area (Å²) in [6.45, 7) is 3.57. The molecule has 0 aliphatic rings. The summed E-state index contributed by atoms with van der Waals surface area (Å²) < 4.78 is 4.79. The molecular formula is C11H15NO4. The lowest BCUT2D eigenvalue weighted by Crippen LogP contribution is -2.43. The molecule has 1 heterocycles. The SMILES string of the molecule is CC(C)(CCC(=O)O)NC(=O)c1ccoc1. The zero-order valence-electron chi connectivity index (χ0n) is 9.32. The van der Waals surface area contributed by atoms with E-state index in [4.69, 9.17) is 9.52 Å². The van der Waals surface area contributed by atoms with Gasteiger partial charge in [0.05, 0.1) is 11.8 Å². The fourth-order valence-corrected chi connectivity index (χ4v) is 1.26. The summed E-state index contributed by atoms with van der Waals surface area (Å²) in [5.41, 5.74) is -0.115. The van der Waals surface area contributed by atoms with Crippen LogP contribution in [0.3, 0.4) is 0 Å². The van der Waals surface area contributed by atoms with Crippen LogP contribution in [0.15, 0.2) is 23.0 Å². The predicted octanol–water partition coefficient (Wildman–Crippen LogP) is 1.65. The maximum absolute atomic E-state index is 11.6. The van der Waals surface area contributed by atoms with Crippen molar-refractivity contribution in [3.63, 3.8) is 0 Å². The highest BCUT2D eigenvalue weighted by Gasteiger charge is 2.22. The number of carboxylic acid groups (broad SMARTS) is 1. The van der Waals surface area contributed by atoms with Gasteiger partial charge in [0.25, 0.3) is 5.91 Å². The number of carboxylic acids is 1. The Morgan fingerprint density at radius 1 is 1.50 bits per heavy atom. The maximum atomic E-state index is 11.6. The number of nitrogens with one attached hydrogen (secondary N) is 1. The van der Waals surface area contributed by atoms with E-state index in [1.165, 1.54) is 12.5 Å². The minimum atomic E-state index is -0.870. The number of amides is 1. The van der Waals surface area contributed by atoms with Crippen LogP contribution in [0.1, 0.15) is 37.0 Å². The normalized spacial score (nSPS) is 11.1. The van der Waals surface area contributed by atoms with Crippen molar-refractivity contribution < 1.29 is 19.1 Å². The molecule has 88 valence electrons. The summed E-state index contributed by atoms with van der Waals surface area (Å²) in [4.78, 5) is 22.1. The van der Waals surface area contributed by atoms with Crippen molar-refractivity contribution in [3.8, 4) is 0 Å². The summed E-state index contributed by atoms with van der Waals surface area (Å²) in [5, 5.41) is 11.3. The van der Waals surface area contributed by atoms with E-state index in [2.05, 4.69) is 5.32 Å². The number of hydrogen-bond acceptors (Lipinski definition) is 3. The van der Waals surface area contributed by atoms with Gasteiger partial charge in [0.1, 0.15) is 6.26 Å². The van der Waals surface area contributed by atoms with Gasteiger partial charge in [0.15, 0.2) is 0 Å². The van der Waals surface area contributed by atoms with E-state index in [0.717, 1.165) is 0 Å². The second kappa shape index (κ2) is 4.83. The molecule has 1 aromatic heterocycles. The number of furan rings is 1. The molecule has 0 bridgehead atoms. The first-order chi connectivity index (χ1) is 7.41. The highest BCUT2D eigenvalue weighted by atomic mass is 16.4. The molecule has 1 amide bonds. The summed E-state index contributed by atoms with van der Waals surface area (Å²) >= 11 is 0. The molecule has 0 aromatic carbocycles. The van der Waals surface area contributed by atoms with Gasteiger partial charge in [0, 0.05) is 12.0 Å². The molecule has 0 saturated carbocycles. The van der Waals surface area contributed by atoms with Gasteiger partial charge in [-0.05, 0) is 26.3 Å². The highest BCUT2D eigenvalue weighted by Crippen LogP contribution is 2.12. The van der Waals surface area contributed by atoms with Crippen molar-refractivity contribution in [2.45, 2.75) is 32.2 Å². The fourth-order valence-electron chi connectivity index (χ4n) is 1.26. The molecule has 0 atom stereocenters. The average Bonchev–Trinajstić information content (AvgIpc) is 2.67. The molecule has 1 rings (SSSR count). The van der Waals surface area contributed by atoms with Crippen molar-refractivity contribution >= 4 is 11.9 Å². The van der Waals surface area contributed by atoms with Gasteiger partial charge in [-0.2, -0.15) is 0 Å². The summed E-state index contributed by atoms with van der Waals surface area (Å²) in [7, 11) is 0. The smallest absolute Gasteiger partial charge is 0.303 e. The van der Waals surface area contributed by atoms with Gasteiger partial charge in [-0.1, -0.05) is 0 Å². The Morgan fingerprint density at radius 2 is 2.19 bits per heavy atom. The van der Waals surface area contributed by atoms with Gasteiger partial charge >= 0.3 is 5.97 Å². The van der Waals surface area contributed by atoms with Crippen molar-refractivity contribution in [3.05, 3.63) is 24.2 Å². The molecule has 5 nitrogen and oxygen atoms in total. The molecule has 5 heteroatoms. The lowest BCUT2D eigenvalue weighted by atomic mass is 9.98. The van der Waals surface area contributed by atoms with Crippen LogP contribution in [0.5, 0.6) is 0 Å². The van der Waals surface area contributed by atoms with Crippen LogP contribution in [0.4, 0.5) is 0 Å². The van der Waals surface area contributed by atoms with Crippen molar-refractivity contribution in [2.24, 2.45) is 0 Å². The van der Waals surface area contributed by atoms with Gasteiger partial charge in [0.2, 0.25) is 0 Å². The molecule has 0 saturated heterocycles. The third kappa shape index (κ3) is 3.76. The van der Waals surface area contributed by atoms with Crippen molar-refractivity contribution in [1.82, 2.24) is 5.32 Å². The zero-order chi connectivity index (χ0) is 12.2. The topological polar surface area (TPSA) is 79.5 Å². The predicted molar refractivity (Wildman–Crippen MR) is 57.1 cm³/mol. The Bertz CT molecular complexity index is 367. The summed E-state index contributed by atoms with van der Waals surface area (Å²) in [5.74, 6) is -1.13. The minimum absolute atomic E-state index is 0.0265. The molecular weight excluding hydrogens is 210 g/mol. The van der Waals surface area contributed by atoms with Crippen LogP contribution in [0.2, 0.25) is 0 Å². The number of hydrogen-bond donors (Lipinski definition) is 2. The van der Waals surface area contributed by atoms with E-state index >= 15 is 0 Å². The Balaban J connectivity index is 2.52. The molecule has 2 N–H and O–H groups in total. The third-order valence-electron chi connectivity index (χ3n) is 2.20. The zero-order valence-corrected chi connectivity index (χ0v) is 9.32. The van der Waals surface area contributed by atoms with Crippen LogP contribution in [-0.2, 0) is 4.79 Å². The van der Waals surface area contributed by atoms with E-state index in [-0.39, 0.29) is 12.3 Å². The van der Waals surface area contributed by atoms with Gasteiger partial charge in [-0.3, -0.25) is 9.59 Å². The molecule has 0 radical (unpaired) electrons. The summed E-state index contributed by atoms with van der Waals surface area (Å²) in [6, 6.07) is 1.56. The van der Waals surface area contributed by atoms with Crippen LogP contribution >= 0.6 is 0 Å². The molecule has 0 aliphatic heterocycles. The van der Waals surface area contributed by atoms with Crippen molar-refractivity contribution in [2.75, 3.05) is 0 Å². The number of aliphatic carboxylic acids is 1. The maximum Gasteiger partial charge on any atom is 0.303 e. The molecule has 16 heavy (non-hydrogen) atoms. The van der Waals surface area contributed by atoms with Crippen molar-refractivity contribution in [1.29, 1.82) is 0 Å². The number of carbonyl (C=O) groups is 2. The van der Waals surface area contributed by atoms with Crippen LogP contribution in [0.25, 0.3) is 0 Å². The average molecular weight is 225 g/mol. The second-order valence-electron chi connectivity index (χ2n) is 4.24. The number of carbonyl (C=O) groups excluding carboxylic acids is 1. The molecule has 0 aliphatic carbocycles. The van der Waals surface area contributed by atoms with E-state index in [1.807, 2.05) is 0 Å². The second-order valence-corrected chi connectivity index (χ2v) is 4.24. The summed E-state index contributed by atoms with van der Waals surface area (Å²) in [6.07, 6.45) is 3.17. The first-order valence-electron chi connectivity index (χ1n) is 4.97. The molecule has 0 unspecified atom stereocenters. The number of rotatable bonds is 5. The Labute approximate surface area is 93.4 Å². The first-order valence-corrected chi connectivity index (χ1v) is 4.97. The lowest BCUT2D eigenvalue weighted by Gasteiger charge is -2.25. The quantitative estimate of drug-likeness (QED) is 0.798. The minimum Gasteiger partial charge on any atom is -0.481 e. The molecule has 0 spiro atoms. The van der Waals surface area contributed by atoms with Crippen LogP contribution in [-0.4, -0.2) is 22.5 Å². The lowest BCUT2D eigenvalue weighted by molar-refractivity contribution is -0.137. The van der Waals surface area contributed by atoms with Gasteiger partial charge in [-0.15, -0.1) is 0 Å². The van der Waals surface area contributed by atoms with E-state index in [9.17, 15) is 9.59 Å². The third-order valence-corrected chi connectivity index (χ3v) is 2.20. The molecule has 1 aromatic rings. The largest absolute Gasteiger partial charge is 0.481 e. The van der Waals surface area contributed by atoms with E-state index < -0.39 is 11.5 Å². The highest BCUT2D eigenvalue weighted by molar-refractivity contribution is 5.94. The van der Waals surface area contributed by atoms with Crippen LogP contribution in [0, 0.1) is 0 Å². The fraction of sp³-hybridized carbons (Fsp3) is 0.455. The van der Waals surface area contributed by atoms with E-state index in [1.54, 1.807) is 19.9 Å². The Hall–Kier alpha value is -1.78. The Morgan fingerprint density at radius 3 is 2.69 bits per heavy atom. The Kier molecular flexibility index (Phi) is 3.71. The van der Waals surface area contributed by atoms with Crippen LogP contribution < -0.4 is 5.32 Å². The molecule has 0 fully saturated rings. The first kappa shape index (κ1) is 12.3. The monoisotopic (exact) mass is 225 g/mol. The van der Waals surface area contributed by atoms with Gasteiger partial charge in [-0.25, -0.2) is 0 Å². The van der Waals surface area contributed by atoms with Gasteiger partial charge < -0.3 is 14.8 Å².